The number of hydrogen-bond acceptors (Lipinski definition) is 4. The molecule has 0 radical (unpaired) electrons. The first-order valence-corrected chi connectivity index (χ1v) is 10.2. The lowest BCUT2D eigenvalue weighted by Gasteiger charge is -2.22. The molecule has 1 atom stereocenters. The summed E-state index contributed by atoms with van der Waals surface area (Å²) in [4.78, 5) is 16.8. The minimum Gasteiger partial charge on any atom is -0.338 e. The average Bonchev–Trinajstić information content (AvgIpc) is 2.92. The van der Waals surface area contributed by atoms with Crippen LogP contribution < -0.4 is 10.0 Å². The molecule has 2 aromatic rings. The Labute approximate surface area is 164 Å². The van der Waals surface area contributed by atoms with Crippen molar-refractivity contribution in [2.45, 2.75) is 23.9 Å². The minimum absolute atomic E-state index is 0.137. The molecule has 7 heteroatoms. The van der Waals surface area contributed by atoms with E-state index in [1.165, 1.54) is 12.1 Å². The lowest BCUT2D eigenvalue weighted by atomic mass is 10.0. The molecule has 28 heavy (non-hydrogen) atoms. The normalized spacial score (nSPS) is 18.6. The van der Waals surface area contributed by atoms with Crippen LogP contribution in [0.25, 0.3) is 0 Å². The van der Waals surface area contributed by atoms with Crippen LogP contribution in [-0.4, -0.2) is 26.1 Å². The Bertz CT molecular complexity index is 1010. The van der Waals surface area contributed by atoms with Crippen molar-refractivity contribution in [3.63, 3.8) is 0 Å². The van der Waals surface area contributed by atoms with Gasteiger partial charge in [0.1, 0.15) is 0 Å². The molecule has 0 aliphatic carbocycles. The number of nitrogens with zero attached hydrogens (tertiary/aromatic N) is 1. The molecule has 0 fully saturated rings. The maximum atomic E-state index is 12.5. The second kappa shape index (κ2) is 8.33. The smallest absolute Gasteiger partial charge is 0.252 e. The van der Waals surface area contributed by atoms with Gasteiger partial charge in [-0.15, -0.1) is 0 Å². The number of aliphatic imine (C=N–C) groups is 1. The van der Waals surface area contributed by atoms with Gasteiger partial charge < -0.3 is 5.32 Å². The molecule has 0 spiro atoms. The van der Waals surface area contributed by atoms with Crippen molar-refractivity contribution in [1.29, 1.82) is 0 Å². The topological polar surface area (TPSA) is 87.6 Å². The number of carbonyl (C=O) groups excluding carboxylic acids is 1. The zero-order chi connectivity index (χ0) is 20.0. The van der Waals surface area contributed by atoms with E-state index in [2.05, 4.69) is 15.0 Å². The summed E-state index contributed by atoms with van der Waals surface area (Å²) in [6.07, 6.45) is 8.79. The molecule has 0 aromatic heterocycles. The molecule has 2 aromatic carbocycles. The number of amides is 1. The van der Waals surface area contributed by atoms with Crippen LogP contribution in [0, 0.1) is 0 Å². The van der Waals surface area contributed by atoms with Crippen molar-refractivity contribution in [1.82, 2.24) is 10.0 Å². The van der Waals surface area contributed by atoms with Crippen molar-refractivity contribution in [2.75, 3.05) is 0 Å². The summed E-state index contributed by atoms with van der Waals surface area (Å²) < 4.78 is 27.1. The Morgan fingerprint density at radius 3 is 2.46 bits per heavy atom. The van der Waals surface area contributed by atoms with E-state index in [9.17, 15) is 13.2 Å². The highest BCUT2D eigenvalue weighted by molar-refractivity contribution is 7.89. The van der Waals surface area contributed by atoms with Crippen LogP contribution in [-0.2, 0) is 16.6 Å². The van der Waals surface area contributed by atoms with Crippen molar-refractivity contribution in [2.24, 2.45) is 4.99 Å². The molecule has 0 saturated heterocycles. The molecule has 144 valence electrons. The Kier molecular flexibility index (Phi) is 5.87. The second-order valence-electron chi connectivity index (χ2n) is 6.55. The third kappa shape index (κ3) is 5.03. The van der Waals surface area contributed by atoms with Crippen molar-refractivity contribution in [3.05, 3.63) is 90.2 Å². The summed E-state index contributed by atoms with van der Waals surface area (Å²) in [5.41, 5.74) is 0.558. The number of benzene rings is 2. The van der Waals surface area contributed by atoms with Crippen molar-refractivity contribution >= 4 is 22.1 Å². The van der Waals surface area contributed by atoms with E-state index in [1.807, 2.05) is 19.1 Å². The van der Waals surface area contributed by atoms with Gasteiger partial charge in [-0.2, -0.15) is 0 Å². The van der Waals surface area contributed by atoms with E-state index in [1.54, 1.807) is 61.0 Å². The fourth-order valence-electron chi connectivity index (χ4n) is 2.62. The van der Waals surface area contributed by atoms with Crippen LogP contribution in [0.1, 0.15) is 22.8 Å². The molecule has 1 unspecified atom stereocenters. The van der Waals surface area contributed by atoms with Gasteiger partial charge in [0.05, 0.1) is 10.4 Å². The first-order valence-electron chi connectivity index (χ1n) is 8.73. The van der Waals surface area contributed by atoms with Gasteiger partial charge in [0.25, 0.3) is 5.91 Å². The molecular weight excluding hydrogens is 374 g/mol. The SMILES string of the molecule is CC1(NC(=O)c2ccc(CNS(=O)(=O)c3ccccc3)cc2)C=CC=CN=C1. The fraction of sp³-hybridized carbons (Fsp3) is 0.143. The minimum atomic E-state index is -3.57. The zero-order valence-corrected chi connectivity index (χ0v) is 16.2. The average molecular weight is 395 g/mol. The number of carbonyl (C=O) groups is 1. The van der Waals surface area contributed by atoms with E-state index in [0.717, 1.165) is 5.56 Å². The van der Waals surface area contributed by atoms with Gasteiger partial charge in [0.15, 0.2) is 0 Å². The van der Waals surface area contributed by atoms with Crippen LogP contribution in [0.15, 0.2) is 88.9 Å². The van der Waals surface area contributed by atoms with Crippen LogP contribution in [0.2, 0.25) is 0 Å². The molecule has 1 amide bonds. The summed E-state index contributed by atoms with van der Waals surface area (Å²) in [6, 6.07) is 15.0. The molecular formula is C21H21N3O3S. The monoisotopic (exact) mass is 395 g/mol. The lowest BCUT2D eigenvalue weighted by Crippen LogP contribution is -2.45. The molecule has 0 bridgehead atoms. The van der Waals surface area contributed by atoms with E-state index in [4.69, 9.17) is 0 Å². The van der Waals surface area contributed by atoms with E-state index >= 15 is 0 Å². The van der Waals surface area contributed by atoms with Crippen LogP contribution in [0.5, 0.6) is 0 Å². The summed E-state index contributed by atoms with van der Waals surface area (Å²) in [5, 5.41) is 2.92. The molecule has 0 saturated carbocycles. The first-order chi connectivity index (χ1) is 13.4. The van der Waals surface area contributed by atoms with E-state index in [0.29, 0.717) is 5.56 Å². The molecule has 1 aliphatic heterocycles. The third-order valence-electron chi connectivity index (χ3n) is 4.19. The number of hydrogen-bond donors (Lipinski definition) is 2. The predicted molar refractivity (Wildman–Crippen MR) is 110 cm³/mol. The standard InChI is InChI=1S/C21H21N3O3S/c1-21(13-5-6-14-22-16-21)24-20(25)18-11-9-17(10-12-18)15-23-28(26,27)19-7-3-2-4-8-19/h2-14,16,23H,15H2,1H3,(H,24,25). The summed E-state index contributed by atoms with van der Waals surface area (Å²) >= 11 is 0. The fourth-order valence-corrected chi connectivity index (χ4v) is 3.66. The van der Waals surface area contributed by atoms with Crippen molar-refractivity contribution in [3.8, 4) is 0 Å². The van der Waals surface area contributed by atoms with E-state index < -0.39 is 15.6 Å². The predicted octanol–water partition coefficient (Wildman–Crippen LogP) is 2.81. The van der Waals surface area contributed by atoms with Gasteiger partial charge in [-0.3, -0.25) is 9.79 Å². The van der Waals surface area contributed by atoms with Gasteiger partial charge in [0.2, 0.25) is 10.0 Å². The highest BCUT2D eigenvalue weighted by Gasteiger charge is 2.22. The number of nitrogens with one attached hydrogen (secondary N) is 2. The Balaban J connectivity index is 1.63. The van der Waals surface area contributed by atoms with Crippen LogP contribution in [0.3, 0.4) is 0 Å². The maximum Gasteiger partial charge on any atom is 0.252 e. The van der Waals surface area contributed by atoms with Gasteiger partial charge >= 0.3 is 0 Å². The molecule has 3 rings (SSSR count). The van der Waals surface area contributed by atoms with Gasteiger partial charge in [-0.05, 0) is 42.8 Å². The third-order valence-corrected chi connectivity index (χ3v) is 5.60. The zero-order valence-electron chi connectivity index (χ0n) is 15.4. The highest BCUT2D eigenvalue weighted by Crippen LogP contribution is 2.12. The van der Waals surface area contributed by atoms with E-state index in [-0.39, 0.29) is 17.3 Å². The summed E-state index contributed by atoms with van der Waals surface area (Å²) in [6.45, 7) is 1.99. The van der Waals surface area contributed by atoms with Crippen molar-refractivity contribution < 1.29 is 13.2 Å². The summed E-state index contributed by atoms with van der Waals surface area (Å²) in [7, 11) is -3.57. The van der Waals surface area contributed by atoms with Gasteiger partial charge in [0, 0.05) is 24.5 Å². The number of rotatable bonds is 6. The molecule has 6 nitrogen and oxygen atoms in total. The lowest BCUT2D eigenvalue weighted by molar-refractivity contribution is 0.0938. The molecule has 1 aliphatic rings. The number of allylic oxidation sites excluding steroid dienone is 2. The molecule has 2 N–H and O–H groups in total. The van der Waals surface area contributed by atoms with Crippen LogP contribution >= 0.6 is 0 Å². The summed E-state index contributed by atoms with van der Waals surface area (Å²) in [5.74, 6) is -0.239. The Morgan fingerprint density at radius 1 is 1.04 bits per heavy atom. The first kappa shape index (κ1) is 19.7. The highest BCUT2D eigenvalue weighted by atomic mass is 32.2. The quantitative estimate of drug-likeness (QED) is 0.788. The largest absolute Gasteiger partial charge is 0.338 e. The van der Waals surface area contributed by atoms with Gasteiger partial charge in [-0.1, -0.05) is 42.5 Å². The van der Waals surface area contributed by atoms with Crippen LogP contribution in [0.4, 0.5) is 0 Å². The molecule has 1 heterocycles. The Hall–Kier alpha value is -3.03. The van der Waals surface area contributed by atoms with Gasteiger partial charge in [-0.25, -0.2) is 13.1 Å². The maximum absolute atomic E-state index is 12.5. The second-order valence-corrected chi connectivity index (χ2v) is 8.32. The number of sulfonamides is 1. The Morgan fingerprint density at radius 2 is 1.75 bits per heavy atom.